The molecule has 4 rings (SSSR count). The predicted molar refractivity (Wildman–Crippen MR) is 136 cm³/mol. The summed E-state index contributed by atoms with van der Waals surface area (Å²) in [7, 11) is 1.32. The van der Waals surface area contributed by atoms with Gasteiger partial charge in [-0.15, -0.1) is 0 Å². The van der Waals surface area contributed by atoms with Gasteiger partial charge in [0.25, 0.3) is 0 Å². The standard InChI is InChI=1S/C27H28N4O4/c1-4-15-31-17(2)23(25(32)35-3)24(30-27(31)34)19-11-7-12-20(16-19)28-26(33)29-22-14-8-10-18-9-5-6-13-21(18)22/h5-14,16,24H,4,15H2,1-3H3,(H,30,34)(H2,28,29,33). The van der Waals surface area contributed by atoms with Crippen molar-refractivity contribution in [2.75, 3.05) is 24.3 Å². The molecule has 0 radical (unpaired) electrons. The second-order valence-corrected chi connectivity index (χ2v) is 8.26. The topological polar surface area (TPSA) is 99.8 Å². The molecule has 1 atom stereocenters. The second kappa shape index (κ2) is 10.3. The average molecular weight is 473 g/mol. The number of allylic oxidation sites excluding steroid dienone is 1. The molecule has 0 saturated carbocycles. The first-order valence-corrected chi connectivity index (χ1v) is 11.5. The van der Waals surface area contributed by atoms with Crippen LogP contribution in [0.15, 0.2) is 78.0 Å². The Morgan fingerprint density at radius 2 is 1.77 bits per heavy atom. The van der Waals surface area contributed by atoms with Crippen LogP contribution in [0.5, 0.6) is 0 Å². The molecule has 1 aliphatic rings. The summed E-state index contributed by atoms with van der Waals surface area (Å²) in [6.45, 7) is 4.19. The maximum Gasteiger partial charge on any atom is 0.337 e. The lowest BCUT2D eigenvalue weighted by Gasteiger charge is -2.35. The average Bonchev–Trinajstić information content (AvgIpc) is 2.86. The molecule has 8 heteroatoms. The number of benzene rings is 3. The number of anilines is 2. The molecule has 8 nitrogen and oxygen atoms in total. The van der Waals surface area contributed by atoms with Gasteiger partial charge in [-0.2, -0.15) is 0 Å². The van der Waals surface area contributed by atoms with Gasteiger partial charge in [-0.3, -0.25) is 4.90 Å². The Hall–Kier alpha value is -4.33. The highest BCUT2D eigenvalue weighted by Crippen LogP contribution is 2.32. The van der Waals surface area contributed by atoms with E-state index in [4.69, 9.17) is 4.74 Å². The Morgan fingerprint density at radius 1 is 1.03 bits per heavy atom. The highest BCUT2D eigenvalue weighted by Gasteiger charge is 2.36. The van der Waals surface area contributed by atoms with Gasteiger partial charge in [0.15, 0.2) is 0 Å². The number of methoxy groups -OCH3 is 1. The Kier molecular flexibility index (Phi) is 7.01. The Morgan fingerprint density at radius 3 is 2.54 bits per heavy atom. The number of rotatable bonds is 6. The lowest BCUT2D eigenvalue weighted by molar-refractivity contribution is -0.136. The molecule has 0 aliphatic carbocycles. The highest BCUT2D eigenvalue weighted by molar-refractivity contribution is 6.06. The van der Waals surface area contributed by atoms with E-state index >= 15 is 0 Å². The summed E-state index contributed by atoms with van der Waals surface area (Å²) >= 11 is 0. The van der Waals surface area contributed by atoms with Crippen LogP contribution in [0.1, 0.15) is 31.9 Å². The lowest BCUT2D eigenvalue weighted by Crippen LogP contribution is -2.48. The molecule has 1 heterocycles. The Balaban J connectivity index is 1.59. The fourth-order valence-corrected chi connectivity index (χ4v) is 4.31. The normalized spacial score (nSPS) is 15.6. The molecule has 0 spiro atoms. The summed E-state index contributed by atoms with van der Waals surface area (Å²) < 4.78 is 5.02. The zero-order valence-electron chi connectivity index (χ0n) is 19.9. The second-order valence-electron chi connectivity index (χ2n) is 8.26. The Labute approximate surface area is 203 Å². The number of carbonyl (C=O) groups excluding carboxylic acids is 3. The number of nitrogens with one attached hydrogen (secondary N) is 3. The van der Waals surface area contributed by atoms with Crippen LogP contribution >= 0.6 is 0 Å². The van der Waals surface area contributed by atoms with E-state index < -0.39 is 18.0 Å². The largest absolute Gasteiger partial charge is 0.466 e. The minimum Gasteiger partial charge on any atom is -0.466 e. The van der Waals surface area contributed by atoms with Gasteiger partial charge >= 0.3 is 18.0 Å². The number of amides is 4. The van der Waals surface area contributed by atoms with Crippen LogP contribution in [-0.2, 0) is 9.53 Å². The van der Waals surface area contributed by atoms with Crippen molar-refractivity contribution in [3.05, 3.63) is 83.6 Å². The van der Waals surface area contributed by atoms with Crippen LogP contribution in [0.2, 0.25) is 0 Å². The van der Waals surface area contributed by atoms with Crippen molar-refractivity contribution < 1.29 is 19.1 Å². The van der Waals surface area contributed by atoms with E-state index in [9.17, 15) is 14.4 Å². The van der Waals surface area contributed by atoms with Gasteiger partial charge in [0, 0.05) is 23.3 Å². The molecule has 0 bridgehead atoms. The molecule has 4 amide bonds. The summed E-state index contributed by atoms with van der Waals surface area (Å²) in [6, 6.07) is 19.2. The predicted octanol–water partition coefficient (Wildman–Crippen LogP) is 5.41. The van der Waals surface area contributed by atoms with Gasteiger partial charge in [-0.05, 0) is 42.5 Å². The van der Waals surface area contributed by atoms with E-state index in [2.05, 4.69) is 16.0 Å². The van der Waals surface area contributed by atoms with Gasteiger partial charge in [0.1, 0.15) is 0 Å². The summed E-state index contributed by atoms with van der Waals surface area (Å²) in [5.74, 6) is -0.513. The molecule has 180 valence electrons. The van der Waals surface area contributed by atoms with Crippen LogP contribution in [0.3, 0.4) is 0 Å². The van der Waals surface area contributed by atoms with Crippen molar-refractivity contribution in [3.8, 4) is 0 Å². The van der Waals surface area contributed by atoms with E-state index in [-0.39, 0.29) is 6.03 Å². The van der Waals surface area contributed by atoms with Crippen LogP contribution in [-0.4, -0.2) is 36.6 Å². The molecule has 35 heavy (non-hydrogen) atoms. The SMILES string of the molecule is CCCN1C(=O)NC(c2cccc(NC(=O)Nc3cccc4ccccc34)c2)C(C(=O)OC)=C1C. The van der Waals surface area contributed by atoms with Gasteiger partial charge in [-0.1, -0.05) is 55.5 Å². The third kappa shape index (κ3) is 4.96. The van der Waals surface area contributed by atoms with Crippen molar-refractivity contribution in [1.82, 2.24) is 10.2 Å². The first kappa shape index (κ1) is 23.8. The number of ether oxygens (including phenoxy) is 1. The van der Waals surface area contributed by atoms with Gasteiger partial charge < -0.3 is 20.7 Å². The Bertz CT molecular complexity index is 1310. The monoisotopic (exact) mass is 472 g/mol. The first-order valence-electron chi connectivity index (χ1n) is 11.5. The summed E-state index contributed by atoms with van der Waals surface area (Å²) in [4.78, 5) is 39.7. The maximum atomic E-state index is 12.8. The maximum absolute atomic E-state index is 12.8. The van der Waals surface area contributed by atoms with Gasteiger partial charge in [0.2, 0.25) is 0 Å². The van der Waals surface area contributed by atoms with Crippen molar-refractivity contribution in [2.24, 2.45) is 0 Å². The number of carbonyl (C=O) groups is 3. The summed E-state index contributed by atoms with van der Waals surface area (Å²) in [5, 5.41) is 10.6. The van der Waals surface area contributed by atoms with Crippen molar-refractivity contribution >= 4 is 40.2 Å². The number of hydrogen-bond acceptors (Lipinski definition) is 4. The van der Waals surface area contributed by atoms with E-state index in [1.54, 1.807) is 36.1 Å². The first-order chi connectivity index (χ1) is 16.9. The third-order valence-electron chi connectivity index (χ3n) is 5.96. The van der Waals surface area contributed by atoms with E-state index in [0.29, 0.717) is 34.8 Å². The van der Waals surface area contributed by atoms with Crippen LogP contribution in [0.25, 0.3) is 10.8 Å². The molecule has 3 aromatic rings. The summed E-state index contributed by atoms with van der Waals surface area (Å²) in [6.07, 6.45) is 0.745. The molecule has 1 unspecified atom stereocenters. The molecule has 0 saturated heterocycles. The van der Waals surface area contributed by atoms with Gasteiger partial charge in [0.05, 0.1) is 24.4 Å². The molecular weight excluding hydrogens is 444 g/mol. The van der Waals surface area contributed by atoms with E-state index in [0.717, 1.165) is 17.2 Å². The summed E-state index contributed by atoms with van der Waals surface area (Å²) in [5.41, 5.74) is 2.78. The van der Waals surface area contributed by atoms with Crippen LogP contribution in [0.4, 0.5) is 21.0 Å². The van der Waals surface area contributed by atoms with Crippen molar-refractivity contribution in [3.63, 3.8) is 0 Å². The molecular formula is C27H28N4O4. The van der Waals surface area contributed by atoms with Crippen molar-refractivity contribution in [2.45, 2.75) is 26.3 Å². The minimum atomic E-state index is -0.703. The fraction of sp³-hybridized carbons (Fsp3) is 0.222. The van der Waals surface area contributed by atoms with Crippen LogP contribution in [0, 0.1) is 0 Å². The van der Waals surface area contributed by atoms with Crippen LogP contribution < -0.4 is 16.0 Å². The van der Waals surface area contributed by atoms with Crippen molar-refractivity contribution in [1.29, 1.82) is 0 Å². The smallest absolute Gasteiger partial charge is 0.337 e. The number of hydrogen-bond donors (Lipinski definition) is 3. The van der Waals surface area contributed by atoms with E-state index in [1.165, 1.54) is 7.11 Å². The molecule has 0 fully saturated rings. The number of nitrogens with zero attached hydrogens (tertiary/aromatic N) is 1. The number of esters is 1. The highest BCUT2D eigenvalue weighted by atomic mass is 16.5. The molecule has 0 aromatic heterocycles. The fourth-order valence-electron chi connectivity index (χ4n) is 4.31. The quantitative estimate of drug-likeness (QED) is 0.418. The zero-order chi connectivity index (χ0) is 24.9. The third-order valence-corrected chi connectivity index (χ3v) is 5.96. The minimum absolute atomic E-state index is 0.283. The lowest BCUT2D eigenvalue weighted by atomic mass is 9.94. The molecule has 3 aromatic carbocycles. The number of fused-ring (bicyclic) bond motifs is 1. The van der Waals surface area contributed by atoms with Gasteiger partial charge in [-0.25, -0.2) is 14.4 Å². The molecule has 3 N–H and O–H groups in total. The van der Waals surface area contributed by atoms with E-state index in [1.807, 2.05) is 49.4 Å². The molecule has 1 aliphatic heterocycles. The number of urea groups is 2. The zero-order valence-corrected chi connectivity index (χ0v) is 19.9.